The maximum absolute atomic E-state index is 13.0. The third-order valence-corrected chi connectivity index (χ3v) is 4.06. The number of benzene rings is 1. The quantitative estimate of drug-likeness (QED) is 0.746. The summed E-state index contributed by atoms with van der Waals surface area (Å²) in [4.78, 5) is 25.2. The van der Waals surface area contributed by atoms with Crippen molar-refractivity contribution < 1.29 is 23.8 Å². The van der Waals surface area contributed by atoms with E-state index in [1.54, 1.807) is 6.07 Å². The molecule has 1 aromatic heterocycles. The number of carbonyl (C=O) groups excluding carboxylic acids is 1. The highest BCUT2D eigenvalue weighted by Gasteiger charge is 2.28. The average Bonchev–Trinajstić information content (AvgIpc) is 2.63. The van der Waals surface area contributed by atoms with E-state index >= 15 is 0 Å². The van der Waals surface area contributed by atoms with Crippen molar-refractivity contribution >= 4 is 5.78 Å². The molecule has 0 fully saturated rings. The SMILES string of the molecule is COCCn1c(O)c(C(=O)C(C)Oc2ccc(F)cc2)c(C)c(C#N)c1=O. The van der Waals surface area contributed by atoms with Crippen LogP contribution in [0, 0.1) is 24.1 Å². The number of carbonyl (C=O) groups is 1. The molecular formula is C19H19FN2O5. The summed E-state index contributed by atoms with van der Waals surface area (Å²) in [7, 11) is 1.42. The predicted octanol–water partition coefficient (Wildman–Crippen LogP) is 2.17. The Morgan fingerprint density at radius 3 is 2.56 bits per heavy atom. The lowest BCUT2D eigenvalue weighted by Gasteiger charge is -2.18. The van der Waals surface area contributed by atoms with Crippen LogP contribution in [0.2, 0.25) is 0 Å². The number of nitriles is 1. The van der Waals surface area contributed by atoms with Crippen LogP contribution in [0.1, 0.15) is 28.4 Å². The van der Waals surface area contributed by atoms with Gasteiger partial charge in [-0.15, -0.1) is 0 Å². The normalized spacial score (nSPS) is 11.7. The van der Waals surface area contributed by atoms with E-state index in [-0.39, 0.29) is 35.6 Å². The largest absolute Gasteiger partial charge is 0.494 e. The third kappa shape index (κ3) is 4.15. The summed E-state index contributed by atoms with van der Waals surface area (Å²) in [5.74, 6) is -1.34. The van der Waals surface area contributed by atoms with Gasteiger partial charge < -0.3 is 14.6 Å². The predicted molar refractivity (Wildman–Crippen MR) is 94.5 cm³/mol. The Morgan fingerprint density at radius 2 is 2.00 bits per heavy atom. The molecule has 1 heterocycles. The van der Waals surface area contributed by atoms with Crippen LogP contribution in [0.4, 0.5) is 4.39 Å². The van der Waals surface area contributed by atoms with Crippen LogP contribution in [0.5, 0.6) is 11.6 Å². The number of methoxy groups -OCH3 is 1. The van der Waals surface area contributed by atoms with E-state index < -0.39 is 29.1 Å². The molecule has 0 radical (unpaired) electrons. The summed E-state index contributed by atoms with van der Waals surface area (Å²) >= 11 is 0. The van der Waals surface area contributed by atoms with Crippen LogP contribution in [-0.4, -0.2) is 35.3 Å². The second kappa shape index (κ2) is 8.47. The topological polar surface area (TPSA) is 102 Å². The van der Waals surface area contributed by atoms with E-state index in [1.165, 1.54) is 45.2 Å². The molecule has 1 N–H and O–H groups in total. The number of Topliss-reactive ketones (excluding diaryl/α,β-unsaturated/α-hetero) is 1. The minimum absolute atomic E-state index is 0.0242. The fourth-order valence-corrected chi connectivity index (χ4v) is 2.61. The molecule has 7 nitrogen and oxygen atoms in total. The van der Waals surface area contributed by atoms with E-state index in [4.69, 9.17) is 9.47 Å². The first-order chi connectivity index (χ1) is 12.8. The van der Waals surface area contributed by atoms with Gasteiger partial charge in [0.1, 0.15) is 23.2 Å². The lowest BCUT2D eigenvalue weighted by Crippen LogP contribution is -2.31. The lowest BCUT2D eigenvalue weighted by atomic mass is 9.99. The second-order valence-electron chi connectivity index (χ2n) is 5.84. The molecule has 2 aromatic rings. The molecule has 1 unspecified atom stereocenters. The Balaban J connectivity index is 2.46. The van der Waals surface area contributed by atoms with Crippen LogP contribution >= 0.6 is 0 Å². The standard InChI is InChI=1S/C19H19FN2O5/c1-11-15(10-21)18(24)22(8-9-26-3)19(25)16(11)17(23)12(2)27-14-6-4-13(20)5-7-14/h4-7,12,25H,8-9H2,1-3H3. The molecular weight excluding hydrogens is 355 g/mol. The average molecular weight is 374 g/mol. The van der Waals surface area contributed by atoms with E-state index in [0.29, 0.717) is 0 Å². The van der Waals surface area contributed by atoms with Gasteiger partial charge in [0, 0.05) is 7.11 Å². The number of hydrogen-bond donors (Lipinski definition) is 1. The van der Waals surface area contributed by atoms with Crippen molar-refractivity contribution in [3.05, 3.63) is 57.1 Å². The van der Waals surface area contributed by atoms with Gasteiger partial charge in [-0.25, -0.2) is 4.39 Å². The number of aromatic nitrogens is 1. The summed E-state index contributed by atoms with van der Waals surface area (Å²) in [5, 5.41) is 19.8. The summed E-state index contributed by atoms with van der Waals surface area (Å²) in [6.45, 7) is 2.96. The van der Waals surface area contributed by atoms with Gasteiger partial charge >= 0.3 is 0 Å². The number of halogens is 1. The van der Waals surface area contributed by atoms with Gasteiger partial charge in [0.25, 0.3) is 5.56 Å². The summed E-state index contributed by atoms with van der Waals surface area (Å²) < 4.78 is 24.3. The van der Waals surface area contributed by atoms with E-state index in [2.05, 4.69) is 0 Å². The molecule has 0 bridgehead atoms. The van der Waals surface area contributed by atoms with Gasteiger partial charge in [0.2, 0.25) is 11.7 Å². The van der Waals surface area contributed by atoms with Gasteiger partial charge in [-0.1, -0.05) is 0 Å². The zero-order chi connectivity index (χ0) is 20.1. The van der Waals surface area contributed by atoms with Crippen molar-refractivity contribution in [2.45, 2.75) is 26.5 Å². The van der Waals surface area contributed by atoms with Gasteiger partial charge in [0.15, 0.2) is 6.10 Å². The zero-order valence-corrected chi connectivity index (χ0v) is 15.2. The summed E-state index contributed by atoms with van der Waals surface area (Å²) in [6.07, 6.45) is -1.04. The first-order valence-corrected chi connectivity index (χ1v) is 8.13. The van der Waals surface area contributed by atoms with Crippen molar-refractivity contribution in [3.8, 4) is 17.7 Å². The monoisotopic (exact) mass is 374 g/mol. The zero-order valence-electron chi connectivity index (χ0n) is 15.2. The number of rotatable bonds is 7. The van der Waals surface area contributed by atoms with Crippen LogP contribution in [-0.2, 0) is 11.3 Å². The molecule has 2 rings (SSSR count). The first kappa shape index (κ1) is 20.1. The second-order valence-corrected chi connectivity index (χ2v) is 5.84. The van der Waals surface area contributed by atoms with Crippen molar-refractivity contribution in [3.63, 3.8) is 0 Å². The van der Waals surface area contributed by atoms with Crippen molar-refractivity contribution in [2.75, 3.05) is 13.7 Å². The van der Waals surface area contributed by atoms with Crippen LogP contribution in [0.15, 0.2) is 29.1 Å². The maximum Gasteiger partial charge on any atom is 0.271 e. The molecule has 0 saturated carbocycles. The van der Waals surface area contributed by atoms with Gasteiger partial charge in [-0.05, 0) is 43.7 Å². The molecule has 8 heteroatoms. The van der Waals surface area contributed by atoms with Gasteiger partial charge in [-0.3, -0.25) is 14.2 Å². The Morgan fingerprint density at radius 1 is 1.37 bits per heavy atom. The number of aromatic hydroxyl groups is 1. The number of pyridine rings is 1. The molecule has 0 saturated heterocycles. The molecule has 0 amide bonds. The highest BCUT2D eigenvalue weighted by Crippen LogP contribution is 2.25. The van der Waals surface area contributed by atoms with Gasteiger partial charge in [-0.2, -0.15) is 5.26 Å². The van der Waals surface area contributed by atoms with Crippen LogP contribution < -0.4 is 10.3 Å². The Bertz CT molecular complexity index is 945. The van der Waals surface area contributed by atoms with E-state index in [0.717, 1.165) is 4.57 Å². The number of ketones is 1. The number of nitrogens with zero attached hydrogens (tertiary/aromatic N) is 2. The van der Waals surface area contributed by atoms with Crippen LogP contribution in [0.25, 0.3) is 0 Å². The fraction of sp³-hybridized carbons (Fsp3) is 0.316. The molecule has 0 aliphatic heterocycles. The summed E-state index contributed by atoms with van der Waals surface area (Å²) in [6, 6.07) is 6.89. The highest BCUT2D eigenvalue weighted by atomic mass is 19.1. The minimum Gasteiger partial charge on any atom is -0.494 e. The molecule has 0 aliphatic rings. The van der Waals surface area contributed by atoms with Gasteiger partial charge in [0.05, 0.1) is 18.7 Å². The maximum atomic E-state index is 13.0. The van der Waals surface area contributed by atoms with Crippen LogP contribution in [0.3, 0.4) is 0 Å². The first-order valence-electron chi connectivity index (χ1n) is 8.13. The van der Waals surface area contributed by atoms with E-state index in [1.807, 2.05) is 0 Å². The fourth-order valence-electron chi connectivity index (χ4n) is 2.61. The summed E-state index contributed by atoms with van der Waals surface area (Å²) in [5.41, 5.74) is -1.03. The molecule has 1 aromatic carbocycles. The molecule has 0 aliphatic carbocycles. The van der Waals surface area contributed by atoms with Crippen molar-refractivity contribution in [1.29, 1.82) is 5.26 Å². The molecule has 0 spiro atoms. The third-order valence-electron chi connectivity index (χ3n) is 4.06. The molecule has 27 heavy (non-hydrogen) atoms. The Labute approximate surface area is 155 Å². The molecule has 142 valence electrons. The van der Waals surface area contributed by atoms with Crippen molar-refractivity contribution in [1.82, 2.24) is 4.57 Å². The number of ether oxygens (including phenoxy) is 2. The Hall–Kier alpha value is -3.18. The lowest BCUT2D eigenvalue weighted by molar-refractivity contribution is 0.0812. The minimum atomic E-state index is -1.04. The molecule has 1 atom stereocenters. The Kier molecular flexibility index (Phi) is 6.32. The number of hydrogen-bond acceptors (Lipinski definition) is 6. The highest BCUT2D eigenvalue weighted by molar-refractivity contribution is 6.03. The smallest absolute Gasteiger partial charge is 0.271 e. The van der Waals surface area contributed by atoms with E-state index in [9.17, 15) is 24.3 Å². The van der Waals surface area contributed by atoms with Crippen molar-refractivity contribution in [2.24, 2.45) is 0 Å².